The Hall–Kier alpha value is -2.45. The number of hydrogen-bond acceptors (Lipinski definition) is 5. The number of anilines is 1. The van der Waals surface area contributed by atoms with Crippen molar-refractivity contribution < 1.29 is 18.7 Å². The van der Waals surface area contributed by atoms with Crippen LogP contribution in [0, 0.1) is 5.82 Å². The van der Waals surface area contributed by atoms with E-state index in [1.165, 1.54) is 23.5 Å². The van der Waals surface area contributed by atoms with Crippen LogP contribution in [0.15, 0.2) is 24.3 Å². The second kappa shape index (κ2) is 8.70. The Morgan fingerprint density at radius 1 is 1.32 bits per heavy atom. The van der Waals surface area contributed by atoms with E-state index in [-0.39, 0.29) is 11.7 Å². The number of primary amides is 1. The third-order valence-electron chi connectivity index (χ3n) is 4.97. The number of ether oxygens (including phenoxy) is 1. The van der Waals surface area contributed by atoms with Gasteiger partial charge in [0, 0.05) is 11.4 Å². The number of aryl methyl sites for hydroxylation is 1. The summed E-state index contributed by atoms with van der Waals surface area (Å²) in [5, 5.41) is 3.42. The van der Waals surface area contributed by atoms with Gasteiger partial charge in [0.05, 0.1) is 11.6 Å². The zero-order chi connectivity index (χ0) is 20.3. The number of benzene rings is 1. The Labute approximate surface area is 167 Å². The van der Waals surface area contributed by atoms with Crippen LogP contribution < -0.4 is 15.8 Å². The van der Waals surface area contributed by atoms with Crippen molar-refractivity contribution >= 4 is 28.2 Å². The summed E-state index contributed by atoms with van der Waals surface area (Å²) in [6.45, 7) is 2.66. The Morgan fingerprint density at radius 2 is 2.04 bits per heavy atom. The molecule has 1 aliphatic rings. The Balaban J connectivity index is 1.55. The number of hydrogen-bond donors (Lipinski definition) is 2. The maximum atomic E-state index is 12.9. The van der Waals surface area contributed by atoms with E-state index in [1.807, 2.05) is 11.9 Å². The number of nitrogens with two attached hydrogens (primary N) is 1. The molecule has 1 aliphatic carbocycles. The lowest BCUT2D eigenvalue weighted by molar-refractivity contribution is -0.120. The molecule has 2 aromatic rings. The van der Waals surface area contributed by atoms with Crippen molar-refractivity contribution in [1.82, 2.24) is 4.90 Å². The van der Waals surface area contributed by atoms with Crippen LogP contribution in [0.4, 0.5) is 9.39 Å². The molecule has 0 fully saturated rings. The van der Waals surface area contributed by atoms with Crippen molar-refractivity contribution in [2.75, 3.05) is 25.5 Å². The van der Waals surface area contributed by atoms with Gasteiger partial charge in [0.2, 0.25) is 5.91 Å². The molecule has 0 aliphatic heterocycles. The number of carbonyl (C=O) groups excluding carboxylic acids is 2. The molecule has 0 spiro atoms. The first kappa shape index (κ1) is 20.3. The predicted octanol–water partition coefficient (Wildman–Crippen LogP) is 2.81. The van der Waals surface area contributed by atoms with E-state index in [0.717, 1.165) is 29.7 Å². The summed E-state index contributed by atoms with van der Waals surface area (Å²) < 4.78 is 18.5. The number of amides is 2. The van der Waals surface area contributed by atoms with Crippen molar-refractivity contribution in [3.8, 4) is 5.75 Å². The molecule has 0 saturated heterocycles. The molecule has 28 heavy (non-hydrogen) atoms. The van der Waals surface area contributed by atoms with Gasteiger partial charge in [-0.3, -0.25) is 14.5 Å². The maximum absolute atomic E-state index is 12.9. The van der Waals surface area contributed by atoms with Gasteiger partial charge in [-0.1, -0.05) is 0 Å². The average molecular weight is 405 g/mol. The largest absolute Gasteiger partial charge is 0.492 e. The van der Waals surface area contributed by atoms with E-state index in [2.05, 4.69) is 5.32 Å². The molecular formula is C20H24FN3O3S. The van der Waals surface area contributed by atoms with Gasteiger partial charge < -0.3 is 15.8 Å². The number of fused-ring (bicyclic) bond motifs is 1. The summed E-state index contributed by atoms with van der Waals surface area (Å²) in [6.07, 6.45) is 2.77. The smallest absolute Gasteiger partial charge is 0.251 e. The highest BCUT2D eigenvalue weighted by molar-refractivity contribution is 7.17. The quantitative estimate of drug-likeness (QED) is 0.707. The lowest BCUT2D eigenvalue weighted by atomic mass is 10.1. The first-order valence-electron chi connectivity index (χ1n) is 9.20. The van der Waals surface area contributed by atoms with Crippen LogP contribution >= 0.6 is 11.3 Å². The van der Waals surface area contributed by atoms with Crippen molar-refractivity contribution in [2.24, 2.45) is 5.73 Å². The van der Waals surface area contributed by atoms with E-state index in [9.17, 15) is 14.0 Å². The SMILES string of the molecule is CC(C(=O)Nc1sc2c(c1C(N)=O)CCC2)N(C)CCOc1ccc(F)cc1. The number of nitrogens with one attached hydrogen (secondary N) is 1. The molecule has 8 heteroatoms. The number of rotatable bonds is 8. The number of halogens is 1. The molecule has 6 nitrogen and oxygen atoms in total. The molecule has 1 unspecified atom stereocenters. The minimum absolute atomic E-state index is 0.202. The predicted molar refractivity (Wildman–Crippen MR) is 107 cm³/mol. The van der Waals surface area contributed by atoms with Crippen LogP contribution in [0.5, 0.6) is 5.75 Å². The van der Waals surface area contributed by atoms with Crippen LogP contribution in [-0.4, -0.2) is 43.0 Å². The van der Waals surface area contributed by atoms with Crippen LogP contribution in [0.2, 0.25) is 0 Å². The van der Waals surface area contributed by atoms with Gasteiger partial charge in [-0.25, -0.2) is 4.39 Å². The van der Waals surface area contributed by atoms with Crippen molar-refractivity contribution in [1.29, 1.82) is 0 Å². The standard InChI is InChI=1S/C20H24FN3O3S/c1-12(24(2)10-11-27-14-8-6-13(21)7-9-14)19(26)23-20-17(18(22)25)15-4-3-5-16(15)28-20/h6-9,12H,3-5,10-11H2,1-2H3,(H2,22,25)(H,23,26). The first-order valence-corrected chi connectivity index (χ1v) is 10.0. The first-order chi connectivity index (χ1) is 13.4. The maximum Gasteiger partial charge on any atom is 0.251 e. The summed E-state index contributed by atoms with van der Waals surface area (Å²) in [6, 6.07) is 5.38. The number of likely N-dealkylation sites (N-methyl/N-ethyl adjacent to an activating group) is 1. The number of thiophene rings is 1. The molecule has 0 radical (unpaired) electrons. The van der Waals surface area contributed by atoms with Crippen LogP contribution in [0.25, 0.3) is 0 Å². The highest BCUT2D eigenvalue weighted by atomic mass is 32.1. The minimum Gasteiger partial charge on any atom is -0.492 e. The average Bonchev–Trinajstić information content (AvgIpc) is 3.22. The fourth-order valence-corrected chi connectivity index (χ4v) is 4.50. The zero-order valence-corrected chi connectivity index (χ0v) is 16.8. The van der Waals surface area contributed by atoms with Crippen molar-refractivity contribution in [3.05, 3.63) is 46.1 Å². The molecule has 1 heterocycles. The third kappa shape index (κ3) is 4.51. The molecule has 1 aromatic heterocycles. The Kier molecular flexibility index (Phi) is 6.31. The number of carbonyl (C=O) groups is 2. The van der Waals surface area contributed by atoms with E-state index >= 15 is 0 Å². The zero-order valence-electron chi connectivity index (χ0n) is 16.0. The molecule has 0 saturated carbocycles. The Morgan fingerprint density at radius 3 is 2.71 bits per heavy atom. The molecule has 1 atom stereocenters. The van der Waals surface area contributed by atoms with Crippen LogP contribution in [0.1, 0.15) is 34.1 Å². The third-order valence-corrected chi connectivity index (χ3v) is 6.18. The van der Waals surface area contributed by atoms with E-state index < -0.39 is 11.9 Å². The topological polar surface area (TPSA) is 84.7 Å². The van der Waals surface area contributed by atoms with Crippen molar-refractivity contribution in [2.45, 2.75) is 32.2 Å². The second-order valence-electron chi connectivity index (χ2n) is 6.87. The molecule has 1 aromatic carbocycles. The fraction of sp³-hybridized carbons (Fsp3) is 0.400. The Bertz CT molecular complexity index is 866. The summed E-state index contributed by atoms with van der Waals surface area (Å²) in [5.74, 6) is -0.439. The minimum atomic E-state index is -0.497. The lowest BCUT2D eigenvalue weighted by Crippen LogP contribution is -2.41. The van der Waals surface area contributed by atoms with E-state index in [0.29, 0.717) is 29.5 Å². The molecule has 150 valence electrons. The van der Waals surface area contributed by atoms with Gasteiger partial charge in [-0.05, 0) is 63.1 Å². The van der Waals surface area contributed by atoms with Gasteiger partial charge in [-0.2, -0.15) is 0 Å². The normalized spacial score (nSPS) is 14.0. The number of nitrogens with zero attached hydrogens (tertiary/aromatic N) is 1. The van der Waals surface area contributed by atoms with E-state index in [4.69, 9.17) is 10.5 Å². The van der Waals surface area contributed by atoms with Gasteiger partial charge in [0.15, 0.2) is 0 Å². The van der Waals surface area contributed by atoms with Crippen LogP contribution in [-0.2, 0) is 17.6 Å². The lowest BCUT2D eigenvalue weighted by Gasteiger charge is -2.23. The molecular weight excluding hydrogens is 381 g/mol. The molecule has 3 rings (SSSR count). The van der Waals surface area contributed by atoms with Crippen LogP contribution in [0.3, 0.4) is 0 Å². The summed E-state index contributed by atoms with van der Waals surface area (Å²) in [7, 11) is 1.82. The highest BCUT2D eigenvalue weighted by Gasteiger charge is 2.27. The highest BCUT2D eigenvalue weighted by Crippen LogP contribution is 2.38. The second-order valence-corrected chi connectivity index (χ2v) is 7.98. The molecule has 2 amide bonds. The summed E-state index contributed by atoms with van der Waals surface area (Å²) in [4.78, 5) is 27.5. The summed E-state index contributed by atoms with van der Waals surface area (Å²) in [5.41, 5.74) is 6.99. The van der Waals surface area contributed by atoms with Gasteiger partial charge in [-0.15, -0.1) is 11.3 Å². The molecule has 0 bridgehead atoms. The van der Waals surface area contributed by atoms with Gasteiger partial charge in [0.1, 0.15) is 23.2 Å². The van der Waals surface area contributed by atoms with Gasteiger partial charge >= 0.3 is 0 Å². The summed E-state index contributed by atoms with van der Waals surface area (Å²) >= 11 is 1.44. The van der Waals surface area contributed by atoms with E-state index in [1.54, 1.807) is 19.1 Å². The van der Waals surface area contributed by atoms with Gasteiger partial charge in [0.25, 0.3) is 5.91 Å². The monoisotopic (exact) mass is 405 g/mol. The fourth-order valence-electron chi connectivity index (χ4n) is 3.20. The van der Waals surface area contributed by atoms with Crippen molar-refractivity contribution in [3.63, 3.8) is 0 Å². The molecule has 3 N–H and O–H groups in total.